The van der Waals surface area contributed by atoms with E-state index in [-0.39, 0.29) is 5.97 Å². The number of fused-ring (bicyclic) bond motifs is 1. The lowest BCUT2D eigenvalue weighted by molar-refractivity contribution is -0.134. The Hall–Kier alpha value is -1.58. The van der Waals surface area contributed by atoms with Crippen molar-refractivity contribution in [2.75, 3.05) is 7.11 Å². The van der Waals surface area contributed by atoms with Crippen molar-refractivity contribution in [1.82, 2.24) is 9.78 Å². The monoisotopic (exact) mass is 206 g/mol. The Balaban J connectivity index is 2.38. The summed E-state index contributed by atoms with van der Waals surface area (Å²) in [6.45, 7) is 0. The van der Waals surface area contributed by atoms with E-state index in [1.54, 1.807) is 6.08 Å². The van der Waals surface area contributed by atoms with Gasteiger partial charge in [0.2, 0.25) is 0 Å². The van der Waals surface area contributed by atoms with E-state index in [0.29, 0.717) is 0 Å². The first-order chi connectivity index (χ1) is 7.22. The van der Waals surface area contributed by atoms with E-state index in [1.165, 1.54) is 12.8 Å². The number of ether oxygens (including phenoxy) is 1. The molecule has 0 unspecified atom stereocenters. The van der Waals surface area contributed by atoms with Crippen molar-refractivity contribution < 1.29 is 9.53 Å². The van der Waals surface area contributed by atoms with Gasteiger partial charge in [0.15, 0.2) is 0 Å². The van der Waals surface area contributed by atoms with Gasteiger partial charge in [0.1, 0.15) is 0 Å². The van der Waals surface area contributed by atoms with Gasteiger partial charge in [0, 0.05) is 24.4 Å². The lowest BCUT2D eigenvalue weighted by Gasteiger charge is -2.15. The smallest absolute Gasteiger partial charge is 0.330 e. The van der Waals surface area contributed by atoms with Gasteiger partial charge in [-0.15, -0.1) is 0 Å². The van der Waals surface area contributed by atoms with E-state index in [4.69, 9.17) is 0 Å². The van der Waals surface area contributed by atoms with Gasteiger partial charge in [-0.1, -0.05) is 0 Å². The van der Waals surface area contributed by atoms with Crippen LogP contribution in [0.2, 0.25) is 0 Å². The lowest BCUT2D eigenvalue weighted by Crippen LogP contribution is -2.07. The minimum absolute atomic E-state index is 0.290. The Kier molecular flexibility index (Phi) is 2.58. The Labute approximate surface area is 88.5 Å². The van der Waals surface area contributed by atoms with Crippen LogP contribution in [0, 0.1) is 0 Å². The minimum atomic E-state index is -0.290. The molecule has 1 heterocycles. The first-order valence-corrected chi connectivity index (χ1v) is 5.02. The molecule has 1 aliphatic carbocycles. The van der Waals surface area contributed by atoms with Crippen LogP contribution in [-0.4, -0.2) is 22.9 Å². The summed E-state index contributed by atoms with van der Waals surface area (Å²) < 4.78 is 6.51. The van der Waals surface area contributed by atoms with Crippen molar-refractivity contribution in [3.63, 3.8) is 0 Å². The molecule has 0 saturated heterocycles. The molecule has 1 aromatic heterocycles. The number of aromatic nitrogens is 2. The Morgan fingerprint density at radius 2 is 2.40 bits per heavy atom. The molecular weight excluding hydrogens is 192 g/mol. The second-order valence-electron chi connectivity index (χ2n) is 3.67. The van der Waals surface area contributed by atoms with Gasteiger partial charge in [-0.2, -0.15) is 5.10 Å². The van der Waals surface area contributed by atoms with Crippen molar-refractivity contribution in [3.05, 3.63) is 23.5 Å². The zero-order valence-electron chi connectivity index (χ0n) is 8.99. The highest BCUT2D eigenvalue weighted by molar-refractivity contribution is 5.91. The highest BCUT2D eigenvalue weighted by atomic mass is 16.5. The number of hydrogen-bond donors (Lipinski definition) is 0. The molecule has 4 heteroatoms. The van der Waals surface area contributed by atoms with Crippen LogP contribution in [0.4, 0.5) is 0 Å². The van der Waals surface area contributed by atoms with Crippen LogP contribution in [0.3, 0.4) is 0 Å². The maximum atomic E-state index is 11.2. The molecule has 0 fully saturated rings. The van der Waals surface area contributed by atoms with Gasteiger partial charge < -0.3 is 4.74 Å². The zero-order chi connectivity index (χ0) is 10.8. The number of nitrogens with zero attached hydrogens (tertiary/aromatic N) is 2. The summed E-state index contributed by atoms with van der Waals surface area (Å²) in [4.78, 5) is 11.2. The maximum Gasteiger partial charge on any atom is 0.330 e. The number of hydrogen-bond acceptors (Lipinski definition) is 3. The van der Waals surface area contributed by atoms with E-state index in [0.717, 1.165) is 30.4 Å². The van der Waals surface area contributed by atoms with Crippen molar-refractivity contribution in [1.29, 1.82) is 0 Å². The first kappa shape index (κ1) is 9.96. The van der Waals surface area contributed by atoms with Gasteiger partial charge in [-0.3, -0.25) is 4.68 Å². The quantitative estimate of drug-likeness (QED) is 0.514. The highest BCUT2D eigenvalue weighted by Crippen LogP contribution is 2.29. The van der Waals surface area contributed by atoms with E-state index in [9.17, 15) is 4.79 Å². The Morgan fingerprint density at radius 3 is 3.13 bits per heavy atom. The fourth-order valence-electron chi connectivity index (χ4n) is 1.96. The Bertz CT molecular complexity index is 418. The summed E-state index contributed by atoms with van der Waals surface area (Å²) in [5.41, 5.74) is 3.33. The van der Waals surface area contributed by atoms with Gasteiger partial charge in [-0.05, 0) is 24.8 Å². The number of rotatable bonds is 1. The van der Waals surface area contributed by atoms with E-state index >= 15 is 0 Å². The predicted octanol–water partition coefficient (Wildman–Crippen LogP) is 1.31. The second kappa shape index (κ2) is 3.88. The van der Waals surface area contributed by atoms with Gasteiger partial charge in [-0.25, -0.2) is 4.79 Å². The lowest BCUT2D eigenvalue weighted by atomic mass is 9.92. The number of allylic oxidation sites excluding steroid dienone is 1. The fraction of sp³-hybridized carbons (Fsp3) is 0.455. The molecule has 0 atom stereocenters. The topological polar surface area (TPSA) is 44.1 Å². The molecule has 0 N–H and O–H groups in total. The number of esters is 1. The van der Waals surface area contributed by atoms with Crippen LogP contribution < -0.4 is 0 Å². The molecule has 80 valence electrons. The van der Waals surface area contributed by atoms with Crippen molar-refractivity contribution >= 4 is 11.5 Å². The molecule has 0 spiro atoms. The normalized spacial score (nSPS) is 17.6. The molecule has 4 nitrogen and oxygen atoms in total. The van der Waals surface area contributed by atoms with Crippen LogP contribution in [0.1, 0.15) is 24.1 Å². The van der Waals surface area contributed by atoms with Crippen LogP contribution in [-0.2, 0) is 23.0 Å². The predicted molar refractivity (Wildman–Crippen MR) is 56.1 cm³/mol. The number of carbonyl (C=O) groups is 1. The van der Waals surface area contributed by atoms with Gasteiger partial charge in [0.25, 0.3) is 0 Å². The fourth-order valence-corrected chi connectivity index (χ4v) is 1.96. The second-order valence-corrected chi connectivity index (χ2v) is 3.67. The van der Waals surface area contributed by atoms with Crippen LogP contribution in [0.25, 0.3) is 5.57 Å². The molecule has 0 amide bonds. The molecule has 15 heavy (non-hydrogen) atoms. The average molecular weight is 206 g/mol. The first-order valence-electron chi connectivity index (χ1n) is 5.02. The molecule has 0 radical (unpaired) electrons. The van der Waals surface area contributed by atoms with E-state index in [1.807, 2.05) is 17.9 Å². The molecule has 1 aliphatic rings. The minimum Gasteiger partial charge on any atom is -0.466 e. The van der Waals surface area contributed by atoms with Crippen LogP contribution >= 0.6 is 0 Å². The number of aryl methyl sites for hydroxylation is 1. The maximum absolute atomic E-state index is 11.2. The standard InChI is InChI=1S/C11H14N2O2/c1-13-10-5-3-4-8(6-11(14)15-2)9(10)7-12-13/h6-7H,3-5H2,1-2H3/b8-6+. The third kappa shape index (κ3) is 1.79. The Morgan fingerprint density at radius 1 is 1.60 bits per heavy atom. The largest absolute Gasteiger partial charge is 0.466 e. The summed E-state index contributed by atoms with van der Waals surface area (Å²) in [7, 11) is 3.33. The van der Waals surface area contributed by atoms with Crippen molar-refractivity contribution in [3.8, 4) is 0 Å². The van der Waals surface area contributed by atoms with Crippen molar-refractivity contribution in [2.24, 2.45) is 7.05 Å². The van der Waals surface area contributed by atoms with Crippen LogP contribution in [0.5, 0.6) is 0 Å². The summed E-state index contributed by atoms with van der Waals surface area (Å²) in [6.07, 6.45) is 6.41. The SMILES string of the molecule is COC(=O)/C=C1\CCCc2c1cnn2C. The van der Waals surface area contributed by atoms with Gasteiger partial charge in [0.05, 0.1) is 13.3 Å². The number of methoxy groups -OCH3 is 1. The van der Waals surface area contributed by atoms with E-state index < -0.39 is 0 Å². The average Bonchev–Trinajstić information content (AvgIpc) is 2.62. The number of carbonyl (C=O) groups excluding carboxylic acids is 1. The molecule has 0 saturated carbocycles. The summed E-state index contributed by atoms with van der Waals surface area (Å²) >= 11 is 0. The van der Waals surface area contributed by atoms with Gasteiger partial charge >= 0.3 is 5.97 Å². The third-order valence-corrected chi connectivity index (χ3v) is 2.76. The molecule has 1 aromatic rings. The third-order valence-electron chi connectivity index (χ3n) is 2.76. The summed E-state index contributed by atoms with van der Waals surface area (Å²) in [6, 6.07) is 0. The van der Waals surface area contributed by atoms with E-state index in [2.05, 4.69) is 9.84 Å². The summed E-state index contributed by atoms with van der Waals surface area (Å²) in [5, 5.41) is 4.21. The molecule has 0 aliphatic heterocycles. The molecule has 0 bridgehead atoms. The molecule has 0 aromatic carbocycles. The zero-order valence-corrected chi connectivity index (χ0v) is 8.99. The molecule has 2 rings (SSSR count). The molecular formula is C11H14N2O2. The van der Waals surface area contributed by atoms with Crippen molar-refractivity contribution in [2.45, 2.75) is 19.3 Å². The van der Waals surface area contributed by atoms with Crippen LogP contribution in [0.15, 0.2) is 12.3 Å². The summed E-state index contributed by atoms with van der Waals surface area (Å²) in [5.74, 6) is -0.290. The highest BCUT2D eigenvalue weighted by Gasteiger charge is 2.18.